The summed E-state index contributed by atoms with van der Waals surface area (Å²) in [6, 6.07) is 4.81. The molecule has 0 aliphatic rings. The fourth-order valence-electron chi connectivity index (χ4n) is 3.72. The van der Waals surface area contributed by atoms with Gasteiger partial charge in [-0.2, -0.15) is 5.10 Å². The Balaban J connectivity index is 1.83. The number of nitrogens with two attached hydrogens (primary N) is 1. The molecule has 182 valence electrons. The first kappa shape index (κ1) is 24.3. The van der Waals surface area contributed by atoms with Crippen molar-refractivity contribution in [1.29, 1.82) is 0 Å². The maximum Gasteiger partial charge on any atom is 0.312 e. The van der Waals surface area contributed by atoms with E-state index < -0.39 is 28.9 Å². The summed E-state index contributed by atoms with van der Waals surface area (Å²) in [6.07, 6.45) is -2.85. The predicted molar refractivity (Wildman–Crippen MR) is 128 cm³/mol. The largest absolute Gasteiger partial charge is 0.365 e. The first-order chi connectivity index (χ1) is 16.5. The minimum Gasteiger partial charge on any atom is -0.365 e. The fraction of sp³-hybridized carbons (Fsp3) is 0.238. The van der Waals surface area contributed by atoms with Crippen LogP contribution in [0.15, 0.2) is 18.2 Å². The molecule has 0 aliphatic heterocycles. The smallest absolute Gasteiger partial charge is 0.312 e. The van der Waals surface area contributed by atoms with E-state index in [9.17, 15) is 28.5 Å². The van der Waals surface area contributed by atoms with Crippen LogP contribution in [0.3, 0.4) is 0 Å². The number of nitrogens with zero attached hydrogens (tertiary/aromatic N) is 4. The molecule has 4 aromatic rings. The number of fused-ring (bicyclic) bond motifs is 1. The Hall–Kier alpha value is -3.78. The van der Waals surface area contributed by atoms with Crippen molar-refractivity contribution in [2.75, 3.05) is 5.32 Å². The number of primary amides is 1. The quantitative estimate of drug-likeness (QED) is 0.266. The molecule has 0 bridgehead atoms. The average molecular weight is 521 g/mol. The van der Waals surface area contributed by atoms with Crippen molar-refractivity contribution in [2.45, 2.75) is 33.7 Å². The van der Waals surface area contributed by atoms with E-state index in [4.69, 9.17) is 5.73 Å². The van der Waals surface area contributed by atoms with Crippen LogP contribution < -0.4 is 11.1 Å². The molecule has 4 rings (SSSR count). The molecule has 4 aromatic heterocycles. The van der Waals surface area contributed by atoms with Crippen molar-refractivity contribution in [1.82, 2.24) is 14.8 Å². The maximum atomic E-state index is 13.6. The number of carbonyl (C=O) groups excluding carboxylic acids is 2. The number of hydrogen-bond donors (Lipinski definition) is 2. The Morgan fingerprint density at radius 3 is 2.51 bits per heavy atom. The molecule has 35 heavy (non-hydrogen) atoms. The number of alkyl halides is 2. The van der Waals surface area contributed by atoms with Gasteiger partial charge in [-0.3, -0.25) is 24.4 Å². The van der Waals surface area contributed by atoms with E-state index in [0.717, 1.165) is 16.2 Å². The average Bonchev–Trinajstić information content (AvgIpc) is 3.43. The van der Waals surface area contributed by atoms with Gasteiger partial charge in [-0.15, -0.1) is 22.7 Å². The summed E-state index contributed by atoms with van der Waals surface area (Å²) >= 11 is 2.16. The lowest BCUT2D eigenvalue weighted by Crippen LogP contribution is -2.22. The van der Waals surface area contributed by atoms with Crippen LogP contribution in [0.4, 0.5) is 20.2 Å². The van der Waals surface area contributed by atoms with E-state index in [-0.39, 0.29) is 39.0 Å². The molecular weight excluding hydrogens is 502 g/mol. The van der Waals surface area contributed by atoms with Crippen molar-refractivity contribution in [3.8, 4) is 10.4 Å². The van der Waals surface area contributed by atoms with Gasteiger partial charge in [-0.1, -0.05) is 0 Å². The number of amides is 2. The zero-order valence-corrected chi connectivity index (χ0v) is 20.2. The van der Waals surface area contributed by atoms with Crippen LogP contribution in [0.2, 0.25) is 0 Å². The highest BCUT2D eigenvalue weighted by Crippen LogP contribution is 2.44. The predicted octanol–water partition coefficient (Wildman–Crippen LogP) is 4.73. The standard InChI is InChI=1S/C21H18F2N6O4S2/c1-8-4-5-13(34-8)11-6-12(19(22)23)25-21-15(11)16(18(35-21)20(24)31)26-14(30)7-28-10(3)17(29(32)33)9(2)27-28/h4-6,19H,7H2,1-3H3,(H2,24,31)(H,26,30). The number of carbonyl (C=O) groups is 2. The Labute approximate surface area is 204 Å². The van der Waals surface area contributed by atoms with Gasteiger partial charge in [-0.05, 0) is 39.0 Å². The molecule has 0 radical (unpaired) electrons. The van der Waals surface area contributed by atoms with Crippen molar-refractivity contribution >= 4 is 56.1 Å². The first-order valence-corrected chi connectivity index (χ1v) is 11.7. The molecule has 0 spiro atoms. The van der Waals surface area contributed by atoms with Gasteiger partial charge in [-0.25, -0.2) is 13.8 Å². The third-order valence-electron chi connectivity index (χ3n) is 5.22. The molecule has 0 aliphatic carbocycles. The van der Waals surface area contributed by atoms with Gasteiger partial charge in [0.2, 0.25) is 5.91 Å². The third kappa shape index (κ3) is 4.49. The summed E-state index contributed by atoms with van der Waals surface area (Å²) in [5.41, 5.74) is 5.63. The molecule has 0 aromatic carbocycles. The highest BCUT2D eigenvalue weighted by Gasteiger charge is 2.27. The lowest BCUT2D eigenvalue weighted by molar-refractivity contribution is -0.386. The minimum absolute atomic E-state index is 0.0490. The zero-order valence-electron chi connectivity index (χ0n) is 18.6. The van der Waals surface area contributed by atoms with Gasteiger partial charge >= 0.3 is 5.69 Å². The van der Waals surface area contributed by atoms with Crippen LogP contribution in [-0.2, 0) is 11.3 Å². The second-order valence-corrected chi connectivity index (χ2v) is 9.93. The number of aromatic nitrogens is 3. The fourth-order valence-corrected chi connectivity index (χ4v) is 5.62. The Morgan fingerprint density at radius 1 is 1.26 bits per heavy atom. The summed E-state index contributed by atoms with van der Waals surface area (Å²) in [5, 5.41) is 18.2. The van der Waals surface area contributed by atoms with Crippen LogP contribution in [0, 0.1) is 30.9 Å². The van der Waals surface area contributed by atoms with Crippen LogP contribution in [0.1, 0.15) is 38.1 Å². The number of pyridine rings is 1. The highest BCUT2D eigenvalue weighted by molar-refractivity contribution is 7.21. The van der Waals surface area contributed by atoms with Gasteiger partial charge in [0.05, 0.1) is 10.6 Å². The third-order valence-corrected chi connectivity index (χ3v) is 7.35. The van der Waals surface area contributed by atoms with Crippen molar-refractivity contribution in [3.05, 3.63) is 55.1 Å². The number of anilines is 1. The molecule has 0 saturated heterocycles. The monoisotopic (exact) mass is 520 g/mol. The van der Waals surface area contributed by atoms with Crippen LogP contribution in [-0.4, -0.2) is 31.5 Å². The lowest BCUT2D eigenvalue weighted by Gasteiger charge is -2.10. The number of hydrogen-bond acceptors (Lipinski definition) is 8. The van der Waals surface area contributed by atoms with Crippen molar-refractivity contribution < 1.29 is 23.3 Å². The van der Waals surface area contributed by atoms with E-state index in [1.54, 1.807) is 6.07 Å². The van der Waals surface area contributed by atoms with Gasteiger partial charge in [0.15, 0.2) is 0 Å². The van der Waals surface area contributed by atoms with E-state index in [1.807, 2.05) is 13.0 Å². The van der Waals surface area contributed by atoms with Crippen LogP contribution in [0.25, 0.3) is 20.7 Å². The van der Waals surface area contributed by atoms with Crippen LogP contribution in [0.5, 0.6) is 0 Å². The molecule has 3 N–H and O–H groups in total. The van der Waals surface area contributed by atoms with E-state index >= 15 is 0 Å². The zero-order chi connectivity index (χ0) is 25.6. The van der Waals surface area contributed by atoms with Gasteiger partial charge in [0, 0.05) is 20.7 Å². The number of halogens is 2. The normalized spacial score (nSPS) is 11.4. The molecule has 0 unspecified atom stereocenters. The number of thiophene rings is 2. The molecular formula is C21H18F2N6O4S2. The van der Waals surface area contributed by atoms with E-state index in [2.05, 4.69) is 15.4 Å². The maximum absolute atomic E-state index is 13.6. The second-order valence-electron chi connectivity index (χ2n) is 7.64. The Morgan fingerprint density at radius 2 is 1.97 bits per heavy atom. The number of rotatable bonds is 7. The van der Waals surface area contributed by atoms with Crippen LogP contribution >= 0.6 is 22.7 Å². The summed E-state index contributed by atoms with van der Waals surface area (Å²) in [7, 11) is 0. The lowest BCUT2D eigenvalue weighted by atomic mass is 10.1. The summed E-state index contributed by atoms with van der Waals surface area (Å²) in [5.74, 6) is -1.50. The molecule has 14 heteroatoms. The summed E-state index contributed by atoms with van der Waals surface area (Å²) < 4.78 is 28.3. The summed E-state index contributed by atoms with van der Waals surface area (Å²) in [6.45, 7) is 4.40. The molecule has 10 nitrogen and oxygen atoms in total. The molecule has 4 heterocycles. The minimum atomic E-state index is -2.85. The van der Waals surface area contributed by atoms with Gasteiger partial charge in [0.1, 0.15) is 33.3 Å². The highest BCUT2D eigenvalue weighted by atomic mass is 32.1. The molecule has 0 fully saturated rings. The molecule has 0 atom stereocenters. The Kier molecular flexibility index (Phi) is 6.34. The first-order valence-electron chi connectivity index (χ1n) is 10.1. The van der Waals surface area contributed by atoms with Gasteiger partial charge < -0.3 is 11.1 Å². The summed E-state index contributed by atoms with van der Waals surface area (Å²) in [4.78, 5) is 41.5. The number of nitrogens with one attached hydrogen (secondary N) is 1. The van der Waals surface area contributed by atoms with E-state index in [0.29, 0.717) is 15.8 Å². The van der Waals surface area contributed by atoms with Gasteiger partial charge in [0.25, 0.3) is 12.3 Å². The van der Waals surface area contributed by atoms with Crippen molar-refractivity contribution in [3.63, 3.8) is 0 Å². The topological polar surface area (TPSA) is 146 Å². The van der Waals surface area contributed by atoms with E-state index in [1.165, 1.54) is 35.9 Å². The number of nitro groups is 1. The molecule has 2 amide bonds. The van der Waals surface area contributed by atoms with Crippen molar-refractivity contribution in [2.24, 2.45) is 5.73 Å². The Bertz CT molecular complexity index is 1510. The number of aryl methyl sites for hydroxylation is 2. The second kappa shape index (κ2) is 9.11. The molecule has 0 saturated carbocycles. The SMILES string of the molecule is Cc1ccc(-c2cc(C(F)F)nc3sc(C(N)=O)c(NC(=O)Cn4nc(C)c([N+](=O)[O-])c4C)c23)s1.